The van der Waals surface area contributed by atoms with Gasteiger partial charge in [-0.25, -0.2) is 4.98 Å². The summed E-state index contributed by atoms with van der Waals surface area (Å²) in [6.45, 7) is 7.85. The van der Waals surface area contributed by atoms with Crippen LogP contribution in [-0.2, 0) is 4.74 Å². The number of pyridine rings is 1. The Morgan fingerprint density at radius 1 is 1.19 bits per heavy atom. The fourth-order valence-electron chi connectivity index (χ4n) is 4.27. The standard InChI is InChI=1S/C25H30N4O2/c1-4-10-28(3)25(30)20-7-5-6-17(2)23(20)18-8-9-21-19(15-18)16-22(24(26)27-21)29-11-13-31-14-12-29/h5-9,15-16H,4,10-14H2,1-3H3,(H2,26,27). The highest BCUT2D eigenvalue weighted by atomic mass is 16.5. The quantitative estimate of drug-likeness (QED) is 0.675. The third-order valence-corrected chi connectivity index (χ3v) is 5.87. The van der Waals surface area contributed by atoms with E-state index >= 15 is 0 Å². The van der Waals surface area contributed by atoms with Crippen LogP contribution in [0.5, 0.6) is 0 Å². The molecule has 1 amide bonds. The lowest BCUT2D eigenvalue weighted by molar-refractivity contribution is 0.0796. The molecular formula is C25H30N4O2. The van der Waals surface area contributed by atoms with Gasteiger partial charge in [0, 0.05) is 37.6 Å². The van der Waals surface area contributed by atoms with Gasteiger partial charge >= 0.3 is 0 Å². The van der Waals surface area contributed by atoms with E-state index in [4.69, 9.17) is 10.5 Å². The van der Waals surface area contributed by atoms with Gasteiger partial charge in [0.15, 0.2) is 0 Å². The van der Waals surface area contributed by atoms with Crippen LogP contribution in [0.25, 0.3) is 22.0 Å². The van der Waals surface area contributed by atoms with Crippen molar-refractivity contribution < 1.29 is 9.53 Å². The lowest BCUT2D eigenvalue weighted by atomic mass is 9.93. The van der Waals surface area contributed by atoms with Crippen LogP contribution in [0.3, 0.4) is 0 Å². The number of fused-ring (bicyclic) bond motifs is 1. The summed E-state index contributed by atoms with van der Waals surface area (Å²) >= 11 is 0. The van der Waals surface area contributed by atoms with E-state index in [1.165, 1.54) is 0 Å². The highest BCUT2D eigenvalue weighted by Gasteiger charge is 2.19. The maximum absolute atomic E-state index is 13.1. The van der Waals surface area contributed by atoms with E-state index in [1.54, 1.807) is 4.90 Å². The molecule has 0 atom stereocenters. The van der Waals surface area contributed by atoms with E-state index in [2.05, 4.69) is 41.9 Å². The molecule has 31 heavy (non-hydrogen) atoms. The molecule has 162 valence electrons. The van der Waals surface area contributed by atoms with E-state index in [-0.39, 0.29) is 5.91 Å². The van der Waals surface area contributed by atoms with E-state index in [0.717, 1.165) is 64.9 Å². The van der Waals surface area contributed by atoms with Crippen LogP contribution in [0.2, 0.25) is 0 Å². The summed E-state index contributed by atoms with van der Waals surface area (Å²) in [6, 6.07) is 14.2. The summed E-state index contributed by atoms with van der Waals surface area (Å²) in [7, 11) is 1.86. The summed E-state index contributed by atoms with van der Waals surface area (Å²) in [5.41, 5.74) is 11.9. The number of amides is 1. The predicted octanol–water partition coefficient (Wildman–Crippen LogP) is 4.11. The van der Waals surface area contributed by atoms with Crippen LogP contribution in [0, 0.1) is 6.92 Å². The third kappa shape index (κ3) is 4.21. The first kappa shape index (κ1) is 21.1. The Labute approximate surface area is 183 Å². The number of carbonyl (C=O) groups is 1. The molecule has 4 rings (SSSR count). The number of nitrogens with two attached hydrogens (primary N) is 1. The van der Waals surface area contributed by atoms with Gasteiger partial charge in [0.25, 0.3) is 5.91 Å². The van der Waals surface area contributed by atoms with Crippen molar-refractivity contribution in [3.63, 3.8) is 0 Å². The van der Waals surface area contributed by atoms with Crippen LogP contribution in [-0.4, -0.2) is 55.7 Å². The number of benzene rings is 2. The number of anilines is 2. The monoisotopic (exact) mass is 418 g/mol. The zero-order chi connectivity index (χ0) is 22.0. The molecule has 1 aliphatic rings. The van der Waals surface area contributed by atoms with Gasteiger partial charge in [-0.05, 0) is 54.3 Å². The highest BCUT2D eigenvalue weighted by molar-refractivity contribution is 6.02. The zero-order valence-electron chi connectivity index (χ0n) is 18.5. The molecule has 0 radical (unpaired) electrons. The van der Waals surface area contributed by atoms with E-state index in [0.29, 0.717) is 19.0 Å². The minimum atomic E-state index is 0.0464. The second-order valence-electron chi connectivity index (χ2n) is 8.12. The molecule has 0 spiro atoms. The van der Waals surface area contributed by atoms with Gasteiger partial charge in [-0.3, -0.25) is 4.79 Å². The molecule has 6 nitrogen and oxygen atoms in total. The molecule has 1 aliphatic heterocycles. The number of hydrogen-bond donors (Lipinski definition) is 1. The summed E-state index contributed by atoms with van der Waals surface area (Å²) < 4.78 is 5.47. The summed E-state index contributed by atoms with van der Waals surface area (Å²) in [5, 5.41) is 1.01. The van der Waals surface area contributed by atoms with Crippen molar-refractivity contribution in [2.45, 2.75) is 20.3 Å². The maximum atomic E-state index is 13.1. The molecule has 0 unspecified atom stereocenters. The van der Waals surface area contributed by atoms with Gasteiger partial charge in [0.2, 0.25) is 0 Å². The van der Waals surface area contributed by atoms with Crippen LogP contribution in [0.1, 0.15) is 29.3 Å². The van der Waals surface area contributed by atoms with Gasteiger partial charge in [0.1, 0.15) is 5.82 Å². The molecule has 0 bridgehead atoms. The summed E-state index contributed by atoms with van der Waals surface area (Å²) in [4.78, 5) is 21.8. The van der Waals surface area contributed by atoms with Crippen LogP contribution < -0.4 is 10.6 Å². The molecule has 2 aromatic carbocycles. The van der Waals surface area contributed by atoms with Gasteiger partial charge in [-0.2, -0.15) is 0 Å². The van der Waals surface area contributed by atoms with Crippen LogP contribution in [0.4, 0.5) is 11.5 Å². The minimum absolute atomic E-state index is 0.0464. The number of aromatic nitrogens is 1. The topological polar surface area (TPSA) is 71.7 Å². The summed E-state index contributed by atoms with van der Waals surface area (Å²) in [5.74, 6) is 0.584. The lowest BCUT2D eigenvalue weighted by Gasteiger charge is -2.29. The number of nitrogen functional groups attached to an aromatic ring is 1. The molecule has 1 saturated heterocycles. The van der Waals surface area contributed by atoms with Gasteiger partial charge < -0.3 is 20.3 Å². The van der Waals surface area contributed by atoms with Gasteiger partial charge in [0.05, 0.1) is 24.4 Å². The van der Waals surface area contributed by atoms with Gasteiger partial charge in [-0.1, -0.05) is 25.1 Å². The molecular weight excluding hydrogens is 388 g/mol. The Morgan fingerprint density at radius 3 is 2.71 bits per heavy atom. The lowest BCUT2D eigenvalue weighted by Crippen LogP contribution is -2.36. The number of carbonyl (C=O) groups excluding carboxylic acids is 1. The average molecular weight is 419 g/mol. The van der Waals surface area contributed by atoms with Crippen LogP contribution in [0.15, 0.2) is 42.5 Å². The fraction of sp³-hybridized carbons (Fsp3) is 0.360. The molecule has 3 aromatic rings. The van der Waals surface area contributed by atoms with E-state index in [9.17, 15) is 4.79 Å². The first-order valence-electron chi connectivity index (χ1n) is 10.9. The molecule has 2 N–H and O–H groups in total. The first-order valence-corrected chi connectivity index (χ1v) is 10.9. The van der Waals surface area contributed by atoms with Crippen molar-refractivity contribution in [2.75, 3.05) is 50.5 Å². The van der Waals surface area contributed by atoms with Crippen molar-refractivity contribution in [3.05, 3.63) is 53.6 Å². The fourth-order valence-corrected chi connectivity index (χ4v) is 4.27. The first-order chi connectivity index (χ1) is 15.0. The second kappa shape index (κ2) is 8.94. The highest BCUT2D eigenvalue weighted by Crippen LogP contribution is 2.33. The van der Waals surface area contributed by atoms with E-state index < -0.39 is 0 Å². The molecule has 2 heterocycles. The zero-order valence-corrected chi connectivity index (χ0v) is 18.5. The number of rotatable bonds is 5. The Bertz CT molecular complexity index is 1110. The Morgan fingerprint density at radius 2 is 1.97 bits per heavy atom. The summed E-state index contributed by atoms with van der Waals surface area (Å²) in [6.07, 6.45) is 0.927. The largest absolute Gasteiger partial charge is 0.382 e. The SMILES string of the molecule is CCCN(C)C(=O)c1cccc(C)c1-c1ccc2nc(N)c(N3CCOCC3)cc2c1. The number of hydrogen-bond acceptors (Lipinski definition) is 5. The predicted molar refractivity (Wildman–Crippen MR) is 127 cm³/mol. The minimum Gasteiger partial charge on any atom is -0.382 e. The maximum Gasteiger partial charge on any atom is 0.254 e. The molecule has 0 aliphatic carbocycles. The average Bonchev–Trinajstić information content (AvgIpc) is 2.78. The second-order valence-corrected chi connectivity index (χ2v) is 8.12. The van der Waals surface area contributed by atoms with Gasteiger partial charge in [-0.15, -0.1) is 0 Å². The normalized spacial score (nSPS) is 14.1. The molecule has 0 saturated carbocycles. The Hall–Kier alpha value is -3.12. The number of aryl methyl sites for hydroxylation is 1. The number of ether oxygens (including phenoxy) is 1. The van der Waals surface area contributed by atoms with Crippen molar-refractivity contribution in [1.82, 2.24) is 9.88 Å². The number of morpholine rings is 1. The van der Waals surface area contributed by atoms with Crippen molar-refractivity contribution in [3.8, 4) is 11.1 Å². The van der Waals surface area contributed by atoms with Crippen LogP contribution >= 0.6 is 0 Å². The molecule has 1 fully saturated rings. The van der Waals surface area contributed by atoms with Crippen molar-refractivity contribution >= 4 is 28.3 Å². The third-order valence-electron chi connectivity index (χ3n) is 5.87. The smallest absolute Gasteiger partial charge is 0.254 e. The molecule has 1 aromatic heterocycles. The van der Waals surface area contributed by atoms with Crippen molar-refractivity contribution in [1.29, 1.82) is 0 Å². The Balaban J connectivity index is 1.80. The van der Waals surface area contributed by atoms with Crippen molar-refractivity contribution in [2.24, 2.45) is 0 Å². The van der Waals surface area contributed by atoms with E-state index in [1.807, 2.05) is 31.3 Å². The Kier molecular flexibility index (Phi) is 6.09. The number of nitrogens with zero attached hydrogens (tertiary/aromatic N) is 3. The molecule has 6 heteroatoms.